The van der Waals surface area contributed by atoms with Gasteiger partial charge in [-0.25, -0.2) is 13.1 Å². The predicted molar refractivity (Wildman–Crippen MR) is 118 cm³/mol. The van der Waals surface area contributed by atoms with Gasteiger partial charge in [0.2, 0.25) is 5.78 Å². The Kier molecular flexibility index (Phi) is 7.04. The molecule has 3 rings (SSSR count). The Morgan fingerprint density at radius 2 is 1.63 bits per heavy atom. The highest BCUT2D eigenvalue weighted by atomic mass is 35.5. The quantitative estimate of drug-likeness (QED) is 0.489. The zero-order valence-electron chi connectivity index (χ0n) is 15.9. The molecule has 0 radical (unpaired) electrons. The normalized spacial score (nSPS) is 13.4. The van der Waals surface area contributed by atoms with Crippen LogP contribution in [0.3, 0.4) is 0 Å². The highest BCUT2D eigenvalue weighted by molar-refractivity contribution is 7.91. The monoisotopic (exact) mass is 462 g/mol. The van der Waals surface area contributed by atoms with Crippen molar-refractivity contribution in [1.82, 2.24) is 4.72 Å². The number of carbonyl (C=O) groups excluding carboxylic acids is 2. The molecule has 0 unspecified atom stereocenters. The van der Waals surface area contributed by atoms with Crippen LogP contribution >= 0.6 is 22.9 Å². The van der Waals surface area contributed by atoms with Gasteiger partial charge in [0, 0.05) is 16.6 Å². The third-order valence-electron chi connectivity index (χ3n) is 4.44. The average molecular weight is 463 g/mol. The van der Waals surface area contributed by atoms with Crippen LogP contribution in [0.25, 0.3) is 0 Å². The van der Waals surface area contributed by atoms with Gasteiger partial charge < -0.3 is 5.32 Å². The first-order valence-electron chi connectivity index (χ1n) is 8.99. The Balaban J connectivity index is 1.87. The summed E-state index contributed by atoms with van der Waals surface area (Å²) in [7, 11) is -3.89. The van der Waals surface area contributed by atoms with Gasteiger partial charge in [-0.05, 0) is 41.3 Å². The molecule has 0 aliphatic rings. The molecule has 0 saturated carbocycles. The van der Waals surface area contributed by atoms with E-state index in [4.69, 9.17) is 11.6 Å². The summed E-state index contributed by atoms with van der Waals surface area (Å²) in [5, 5.41) is 4.66. The van der Waals surface area contributed by atoms with Gasteiger partial charge in [0.05, 0.1) is 6.04 Å². The number of benzene rings is 2. The molecule has 156 valence electrons. The molecule has 3 aromatic rings. The number of thiophene rings is 1. The van der Waals surface area contributed by atoms with Crippen LogP contribution in [0.2, 0.25) is 5.02 Å². The van der Waals surface area contributed by atoms with Gasteiger partial charge >= 0.3 is 0 Å². The summed E-state index contributed by atoms with van der Waals surface area (Å²) in [6.45, 7) is 1.52. The lowest BCUT2D eigenvalue weighted by atomic mass is 9.91. The second-order valence-corrected chi connectivity index (χ2v) is 9.88. The fraction of sp³-hybridized carbons (Fsp3) is 0.143. The Hall–Kier alpha value is -2.52. The van der Waals surface area contributed by atoms with Gasteiger partial charge in [-0.2, -0.15) is 0 Å². The Bertz CT molecular complexity index is 1120. The third kappa shape index (κ3) is 5.34. The lowest BCUT2D eigenvalue weighted by Crippen LogP contribution is -2.39. The summed E-state index contributed by atoms with van der Waals surface area (Å²) >= 11 is 7.01. The summed E-state index contributed by atoms with van der Waals surface area (Å²) < 4.78 is 28.3. The largest absolute Gasteiger partial charge is 0.319 e. The minimum Gasteiger partial charge on any atom is -0.319 e. The van der Waals surface area contributed by atoms with E-state index in [9.17, 15) is 18.0 Å². The molecule has 1 aromatic heterocycles. The van der Waals surface area contributed by atoms with Crippen LogP contribution in [0.15, 0.2) is 76.3 Å². The van der Waals surface area contributed by atoms with Crippen LogP contribution in [0, 0.1) is 5.92 Å². The number of halogens is 1. The molecule has 9 heteroatoms. The number of Topliss-reactive ketones (excluding diaryl/α,β-unsaturated/α-hetero) is 1. The molecule has 2 atom stereocenters. The zero-order valence-corrected chi connectivity index (χ0v) is 18.3. The van der Waals surface area contributed by atoms with Crippen molar-refractivity contribution in [3.63, 3.8) is 0 Å². The van der Waals surface area contributed by atoms with E-state index >= 15 is 0 Å². The first kappa shape index (κ1) is 22.2. The molecule has 0 aliphatic carbocycles. The van der Waals surface area contributed by atoms with Crippen molar-refractivity contribution < 1.29 is 18.0 Å². The number of nitrogens with one attached hydrogen (secondary N) is 2. The SMILES string of the molecule is C[C@@H](C(=O)C(=O)Nc1ccccc1)[C@@H](NS(=O)(=O)c1cccs1)c1ccc(Cl)cc1. The molecule has 0 bridgehead atoms. The Morgan fingerprint density at radius 1 is 0.967 bits per heavy atom. The van der Waals surface area contributed by atoms with Gasteiger partial charge in [-0.15, -0.1) is 11.3 Å². The van der Waals surface area contributed by atoms with E-state index in [-0.39, 0.29) is 4.21 Å². The topological polar surface area (TPSA) is 92.3 Å². The summed E-state index contributed by atoms with van der Waals surface area (Å²) in [5.41, 5.74) is 0.998. The first-order valence-corrected chi connectivity index (χ1v) is 11.7. The van der Waals surface area contributed by atoms with E-state index in [0.717, 1.165) is 11.3 Å². The van der Waals surface area contributed by atoms with Gasteiger partial charge in [0.15, 0.2) is 0 Å². The summed E-state index contributed by atoms with van der Waals surface area (Å²) in [6, 6.07) is 17.2. The first-order chi connectivity index (χ1) is 14.3. The maximum absolute atomic E-state index is 12.8. The number of amides is 1. The summed E-state index contributed by atoms with van der Waals surface area (Å²) in [4.78, 5) is 25.3. The van der Waals surface area contributed by atoms with E-state index in [2.05, 4.69) is 10.0 Å². The second-order valence-electron chi connectivity index (χ2n) is 6.56. The maximum atomic E-state index is 12.8. The highest BCUT2D eigenvalue weighted by Crippen LogP contribution is 2.28. The minimum absolute atomic E-state index is 0.120. The molecule has 0 spiro atoms. The minimum atomic E-state index is -3.89. The van der Waals surface area contributed by atoms with E-state index in [0.29, 0.717) is 16.3 Å². The van der Waals surface area contributed by atoms with E-state index < -0.39 is 33.7 Å². The molecular formula is C21H19ClN2O4S2. The van der Waals surface area contributed by atoms with Gasteiger partial charge in [0.1, 0.15) is 4.21 Å². The number of hydrogen-bond acceptors (Lipinski definition) is 5. The van der Waals surface area contributed by atoms with E-state index in [1.54, 1.807) is 66.0 Å². The highest BCUT2D eigenvalue weighted by Gasteiger charge is 2.33. The van der Waals surface area contributed by atoms with Crippen molar-refractivity contribution in [2.45, 2.75) is 17.2 Å². The number of ketones is 1. The van der Waals surface area contributed by atoms with Gasteiger partial charge in [0.25, 0.3) is 15.9 Å². The van der Waals surface area contributed by atoms with Crippen LogP contribution in [0.1, 0.15) is 18.5 Å². The molecule has 2 N–H and O–H groups in total. The summed E-state index contributed by atoms with van der Waals surface area (Å²) in [6.07, 6.45) is 0. The lowest BCUT2D eigenvalue weighted by Gasteiger charge is -2.24. The molecule has 1 amide bonds. The number of rotatable bonds is 8. The number of anilines is 1. The molecule has 0 saturated heterocycles. The van der Waals surface area contributed by atoms with Gasteiger partial charge in [-0.1, -0.05) is 54.9 Å². The second kappa shape index (κ2) is 9.53. The van der Waals surface area contributed by atoms with Crippen molar-refractivity contribution in [3.05, 3.63) is 82.7 Å². The standard InChI is InChI=1S/C21H19ClN2O4S2/c1-14(20(25)21(26)23-17-6-3-2-4-7-17)19(15-9-11-16(22)12-10-15)24-30(27,28)18-8-5-13-29-18/h2-14,19,24H,1H3,(H,23,26)/t14-,19-/m1/s1. The smallest absolute Gasteiger partial charge is 0.292 e. The number of hydrogen-bond donors (Lipinski definition) is 2. The average Bonchev–Trinajstić information content (AvgIpc) is 3.28. The van der Waals surface area contributed by atoms with Crippen LogP contribution < -0.4 is 10.0 Å². The molecule has 0 aliphatic heterocycles. The molecule has 1 heterocycles. The van der Waals surface area contributed by atoms with Crippen molar-refractivity contribution in [1.29, 1.82) is 0 Å². The van der Waals surface area contributed by atoms with Crippen molar-refractivity contribution in [2.24, 2.45) is 5.92 Å². The number of carbonyl (C=O) groups is 2. The fourth-order valence-corrected chi connectivity index (χ4v) is 5.28. The Morgan fingerprint density at radius 3 is 2.23 bits per heavy atom. The molecule has 2 aromatic carbocycles. The lowest BCUT2D eigenvalue weighted by molar-refractivity contribution is -0.137. The third-order valence-corrected chi connectivity index (χ3v) is 7.53. The van der Waals surface area contributed by atoms with Crippen molar-refractivity contribution in [2.75, 3.05) is 5.32 Å². The van der Waals surface area contributed by atoms with E-state index in [1.807, 2.05) is 0 Å². The molecule has 6 nitrogen and oxygen atoms in total. The van der Waals surface area contributed by atoms with E-state index in [1.165, 1.54) is 13.0 Å². The maximum Gasteiger partial charge on any atom is 0.292 e. The van der Waals surface area contributed by atoms with Crippen LogP contribution in [-0.2, 0) is 19.6 Å². The van der Waals surface area contributed by atoms with Crippen molar-refractivity contribution in [3.8, 4) is 0 Å². The Labute approximate surface area is 183 Å². The zero-order chi connectivity index (χ0) is 21.7. The predicted octanol–water partition coefficient (Wildman–Crippen LogP) is 4.27. The van der Waals surface area contributed by atoms with Crippen molar-refractivity contribution >= 4 is 50.3 Å². The molecule has 0 fully saturated rings. The summed E-state index contributed by atoms with van der Waals surface area (Å²) in [5.74, 6) is -2.53. The molecular weight excluding hydrogens is 444 g/mol. The van der Waals surface area contributed by atoms with Crippen LogP contribution in [-0.4, -0.2) is 20.1 Å². The van der Waals surface area contributed by atoms with Crippen LogP contribution in [0.5, 0.6) is 0 Å². The molecule has 30 heavy (non-hydrogen) atoms. The van der Waals surface area contributed by atoms with Gasteiger partial charge in [-0.3, -0.25) is 9.59 Å². The fourth-order valence-electron chi connectivity index (χ4n) is 2.84. The van der Waals surface area contributed by atoms with Crippen LogP contribution in [0.4, 0.5) is 5.69 Å². The number of para-hydroxylation sites is 1. The number of sulfonamides is 1.